The second-order valence-electron chi connectivity index (χ2n) is 7.78. The molecule has 0 amide bonds. The fraction of sp³-hybridized carbons (Fsp3) is 0.609. The summed E-state index contributed by atoms with van der Waals surface area (Å²) in [5.74, 6) is 2.56. The molecule has 160 valence electrons. The number of nitrogens with one attached hydrogen (secondary N) is 1. The molecule has 0 aromatic carbocycles. The van der Waals surface area contributed by atoms with E-state index in [4.69, 9.17) is 14.7 Å². The molecule has 0 bridgehead atoms. The summed E-state index contributed by atoms with van der Waals surface area (Å²) < 4.78 is 6.14. The Balaban J connectivity index is 2.61. The van der Waals surface area contributed by atoms with Crippen LogP contribution in [-0.2, 0) is 12.8 Å². The monoisotopic (exact) mass is 399 g/mol. The highest BCUT2D eigenvalue weighted by Crippen LogP contribution is 2.34. The summed E-state index contributed by atoms with van der Waals surface area (Å²) in [7, 11) is 3.96. The molecule has 2 heterocycles. The van der Waals surface area contributed by atoms with E-state index in [-0.39, 0.29) is 6.10 Å². The van der Waals surface area contributed by atoms with Gasteiger partial charge in [-0.25, -0.2) is 15.0 Å². The number of hydrogen-bond donors (Lipinski definition) is 1. The molecule has 0 aliphatic heterocycles. The minimum atomic E-state index is 0.0608. The molecule has 2 rings (SSSR count). The van der Waals surface area contributed by atoms with Crippen LogP contribution in [0.3, 0.4) is 0 Å². The predicted octanol–water partition coefficient (Wildman–Crippen LogP) is 5.12. The van der Waals surface area contributed by atoms with Gasteiger partial charge in [0.25, 0.3) is 0 Å². The highest BCUT2D eigenvalue weighted by molar-refractivity contribution is 5.71. The third kappa shape index (κ3) is 5.58. The molecule has 6 heteroatoms. The number of ether oxygens (including phenoxy) is 1. The molecule has 0 unspecified atom stereocenters. The van der Waals surface area contributed by atoms with Crippen LogP contribution < -0.4 is 15.0 Å². The Morgan fingerprint density at radius 2 is 1.66 bits per heavy atom. The molecule has 0 aliphatic carbocycles. The van der Waals surface area contributed by atoms with Crippen LogP contribution in [0.25, 0.3) is 11.3 Å². The number of pyridine rings is 1. The summed E-state index contributed by atoms with van der Waals surface area (Å²) in [6.07, 6.45) is 5.66. The maximum absolute atomic E-state index is 6.14. The van der Waals surface area contributed by atoms with Crippen molar-refractivity contribution in [3.8, 4) is 17.0 Å². The maximum Gasteiger partial charge on any atom is 0.148 e. The SMILES string of the molecule is CCc1nc(-c2cnc(N(C)C)cc2OC(C)C)c(CC)nc1NC(CC)CC. The normalized spacial score (nSPS) is 11.2. The van der Waals surface area contributed by atoms with Gasteiger partial charge in [0, 0.05) is 32.4 Å². The predicted molar refractivity (Wildman–Crippen MR) is 122 cm³/mol. The van der Waals surface area contributed by atoms with Crippen LogP contribution in [0, 0.1) is 0 Å². The highest BCUT2D eigenvalue weighted by Gasteiger charge is 2.20. The third-order valence-corrected chi connectivity index (χ3v) is 4.96. The largest absolute Gasteiger partial charge is 0.490 e. The van der Waals surface area contributed by atoms with E-state index in [9.17, 15) is 0 Å². The van der Waals surface area contributed by atoms with Crippen LogP contribution in [0.4, 0.5) is 11.6 Å². The lowest BCUT2D eigenvalue weighted by molar-refractivity contribution is 0.243. The van der Waals surface area contributed by atoms with Crippen molar-refractivity contribution >= 4 is 11.6 Å². The van der Waals surface area contributed by atoms with Crippen LogP contribution in [0.5, 0.6) is 5.75 Å². The molecule has 0 spiro atoms. The van der Waals surface area contributed by atoms with E-state index in [1.165, 1.54) is 0 Å². The molecule has 0 radical (unpaired) electrons. The number of anilines is 2. The standard InChI is InChI=1S/C23H37N5O/c1-9-16(10-2)25-23-19(12-4)26-22(18(11-3)27-23)17-14-24-21(28(7)8)13-20(17)29-15(5)6/h13-16H,9-12H2,1-8H3,(H,25,27). The summed E-state index contributed by atoms with van der Waals surface area (Å²) in [4.78, 5) is 16.6. The first kappa shape index (κ1) is 22.9. The van der Waals surface area contributed by atoms with Crippen molar-refractivity contribution in [2.45, 2.75) is 79.4 Å². The number of aromatic nitrogens is 3. The van der Waals surface area contributed by atoms with Crippen molar-refractivity contribution in [2.75, 3.05) is 24.3 Å². The molecule has 0 saturated heterocycles. The van der Waals surface area contributed by atoms with E-state index in [0.29, 0.717) is 6.04 Å². The van der Waals surface area contributed by atoms with Crippen LogP contribution in [-0.4, -0.2) is 41.2 Å². The van der Waals surface area contributed by atoms with Gasteiger partial charge in [-0.2, -0.15) is 0 Å². The van der Waals surface area contributed by atoms with Gasteiger partial charge in [0.05, 0.1) is 28.7 Å². The Kier molecular flexibility index (Phi) is 8.23. The Hall–Kier alpha value is -2.37. The molecule has 6 nitrogen and oxygen atoms in total. The highest BCUT2D eigenvalue weighted by atomic mass is 16.5. The zero-order chi connectivity index (χ0) is 21.6. The van der Waals surface area contributed by atoms with Crippen molar-refractivity contribution in [1.29, 1.82) is 0 Å². The van der Waals surface area contributed by atoms with Gasteiger partial charge in [0.1, 0.15) is 17.4 Å². The van der Waals surface area contributed by atoms with Gasteiger partial charge < -0.3 is 15.0 Å². The zero-order valence-electron chi connectivity index (χ0n) is 19.3. The Morgan fingerprint density at radius 1 is 1.00 bits per heavy atom. The molecule has 0 fully saturated rings. The molecular weight excluding hydrogens is 362 g/mol. The van der Waals surface area contributed by atoms with Crippen LogP contribution in [0.15, 0.2) is 12.3 Å². The number of hydrogen-bond acceptors (Lipinski definition) is 6. The first-order valence-electron chi connectivity index (χ1n) is 10.8. The van der Waals surface area contributed by atoms with E-state index in [0.717, 1.165) is 65.7 Å². The topological polar surface area (TPSA) is 63.2 Å². The smallest absolute Gasteiger partial charge is 0.148 e. The van der Waals surface area contributed by atoms with Crippen molar-refractivity contribution in [3.05, 3.63) is 23.7 Å². The van der Waals surface area contributed by atoms with Crippen molar-refractivity contribution in [1.82, 2.24) is 15.0 Å². The van der Waals surface area contributed by atoms with Crippen molar-refractivity contribution < 1.29 is 4.74 Å². The lowest BCUT2D eigenvalue weighted by Crippen LogP contribution is -2.20. The molecule has 2 aromatic heterocycles. The average molecular weight is 400 g/mol. The number of aryl methyl sites for hydroxylation is 2. The van der Waals surface area contributed by atoms with E-state index in [1.807, 2.05) is 45.1 Å². The third-order valence-electron chi connectivity index (χ3n) is 4.96. The summed E-state index contributed by atoms with van der Waals surface area (Å²) in [5.41, 5.74) is 3.71. The number of rotatable bonds is 10. The van der Waals surface area contributed by atoms with Gasteiger partial charge >= 0.3 is 0 Å². The van der Waals surface area contributed by atoms with Gasteiger partial charge in [-0.3, -0.25) is 0 Å². The van der Waals surface area contributed by atoms with Crippen LogP contribution in [0.2, 0.25) is 0 Å². The summed E-state index contributed by atoms with van der Waals surface area (Å²) in [5, 5.41) is 3.60. The molecule has 0 atom stereocenters. The van der Waals surface area contributed by atoms with E-state index < -0.39 is 0 Å². The van der Waals surface area contributed by atoms with Crippen LogP contribution >= 0.6 is 0 Å². The first-order chi connectivity index (χ1) is 13.8. The second kappa shape index (κ2) is 10.4. The Labute approximate surface area is 176 Å². The Morgan fingerprint density at radius 3 is 2.17 bits per heavy atom. The zero-order valence-corrected chi connectivity index (χ0v) is 19.3. The van der Waals surface area contributed by atoms with E-state index in [1.54, 1.807) is 0 Å². The number of nitrogens with zero attached hydrogens (tertiary/aromatic N) is 4. The Bertz CT molecular complexity index is 800. The molecule has 1 N–H and O–H groups in total. The molecular formula is C23H37N5O. The van der Waals surface area contributed by atoms with Crippen molar-refractivity contribution in [3.63, 3.8) is 0 Å². The molecule has 0 aliphatic rings. The summed E-state index contributed by atoms with van der Waals surface area (Å²) in [6, 6.07) is 2.39. The summed E-state index contributed by atoms with van der Waals surface area (Å²) in [6.45, 7) is 12.7. The quantitative estimate of drug-likeness (QED) is 0.598. The maximum atomic E-state index is 6.14. The fourth-order valence-corrected chi connectivity index (χ4v) is 3.22. The minimum Gasteiger partial charge on any atom is -0.490 e. The van der Waals surface area contributed by atoms with Gasteiger partial charge in [-0.1, -0.05) is 27.7 Å². The molecule has 29 heavy (non-hydrogen) atoms. The average Bonchev–Trinajstić information content (AvgIpc) is 2.70. The lowest BCUT2D eigenvalue weighted by Gasteiger charge is -2.21. The van der Waals surface area contributed by atoms with Crippen LogP contribution in [0.1, 0.15) is 65.8 Å². The molecule has 2 aromatic rings. The summed E-state index contributed by atoms with van der Waals surface area (Å²) >= 11 is 0. The second-order valence-corrected chi connectivity index (χ2v) is 7.78. The van der Waals surface area contributed by atoms with Gasteiger partial charge in [0.15, 0.2) is 0 Å². The van der Waals surface area contributed by atoms with Gasteiger partial charge in [-0.15, -0.1) is 0 Å². The fourth-order valence-electron chi connectivity index (χ4n) is 3.22. The van der Waals surface area contributed by atoms with Crippen molar-refractivity contribution in [2.24, 2.45) is 0 Å². The van der Waals surface area contributed by atoms with Gasteiger partial charge in [0.2, 0.25) is 0 Å². The van der Waals surface area contributed by atoms with E-state index in [2.05, 4.69) is 38.0 Å². The molecule has 0 saturated carbocycles. The first-order valence-corrected chi connectivity index (χ1v) is 10.8. The van der Waals surface area contributed by atoms with Gasteiger partial charge in [-0.05, 0) is 39.5 Å². The minimum absolute atomic E-state index is 0.0608. The van der Waals surface area contributed by atoms with E-state index >= 15 is 0 Å². The lowest BCUT2D eigenvalue weighted by atomic mass is 10.1.